The molecule has 5 heteroatoms. The molecule has 0 fully saturated rings. The lowest BCUT2D eigenvalue weighted by Crippen LogP contribution is -2.10. The van der Waals surface area contributed by atoms with Gasteiger partial charge in [0.1, 0.15) is 18.0 Å². The van der Waals surface area contributed by atoms with Gasteiger partial charge < -0.3 is 0 Å². The van der Waals surface area contributed by atoms with Crippen LogP contribution >= 0.6 is 0 Å². The molecule has 0 aliphatic heterocycles. The Kier molecular flexibility index (Phi) is 3.27. The van der Waals surface area contributed by atoms with Gasteiger partial charge in [0.15, 0.2) is 5.78 Å². The number of carbonyl (C=O) groups is 1. The van der Waals surface area contributed by atoms with Crippen LogP contribution in [0.5, 0.6) is 0 Å². The van der Waals surface area contributed by atoms with Crippen molar-refractivity contribution in [2.75, 3.05) is 0 Å². The van der Waals surface area contributed by atoms with Crippen LogP contribution in [-0.4, -0.2) is 20.5 Å². The minimum Gasteiger partial charge on any atom is -0.294 e. The molecule has 1 heterocycles. The summed E-state index contributed by atoms with van der Waals surface area (Å²) in [6, 6.07) is 5.66. The molecule has 0 saturated heterocycles. The summed E-state index contributed by atoms with van der Waals surface area (Å²) in [6.45, 7) is 2.58. The van der Waals surface area contributed by atoms with E-state index in [4.69, 9.17) is 0 Å². The number of benzene rings is 1. The summed E-state index contributed by atoms with van der Waals surface area (Å²) in [6.07, 6.45) is 1.55. The van der Waals surface area contributed by atoms with E-state index in [0.29, 0.717) is 17.9 Å². The molecule has 0 saturated carbocycles. The molecule has 2 aromatic rings. The Hall–Kier alpha value is -2.04. The van der Waals surface area contributed by atoms with Gasteiger partial charge in [-0.15, -0.1) is 0 Å². The maximum absolute atomic E-state index is 13.0. The zero-order valence-corrected chi connectivity index (χ0v) is 9.43. The molecular weight excluding hydrogens is 221 g/mol. The second kappa shape index (κ2) is 4.86. The van der Waals surface area contributed by atoms with Crippen LogP contribution in [0, 0.1) is 5.82 Å². The standard InChI is InChI=1S/C12H12FN3O/c1-2-16-12(14-8-15-16)7-11(17)9-4-3-5-10(13)6-9/h3-6,8H,2,7H2,1H3. The molecule has 0 radical (unpaired) electrons. The summed E-state index contributed by atoms with van der Waals surface area (Å²) in [7, 11) is 0. The number of ketones is 1. The third-order valence-electron chi connectivity index (χ3n) is 2.46. The Labute approximate surface area is 98.1 Å². The quantitative estimate of drug-likeness (QED) is 0.757. The Balaban J connectivity index is 2.17. The number of hydrogen-bond acceptors (Lipinski definition) is 3. The van der Waals surface area contributed by atoms with Gasteiger partial charge in [0.25, 0.3) is 0 Å². The highest BCUT2D eigenvalue weighted by Gasteiger charge is 2.11. The van der Waals surface area contributed by atoms with Crippen LogP contribution in [0.1, 0.15) is 23.1 Å². The molecule has 1 aromatic heterocycles. The summed E-state index contributed by atoms with van der Waals surface area (Å²) in [4.78, 5) is 15.9. The second-order valence-electron chi connectivity index (χ2n) is 3.60. The van der Waals surface area contributed by atoms with Gasteiger partial charge >= 0.3 is 0 Å². The largest absolute Gasteiger partial charge is 0.294 e. The maximum atomic E-state index is 13.0. The van der Waals surface area contributed by atoms with E-state index >= 15 is 0 Å². The van der Waals surface area contributed by atoms with Gasteiger partial charge in [-0.1, -0.05) is 12.1 Å². The number of hydrogen-bond donors (Lipinski definition) is 0. The van der Waals surface area contributed by atoms with Crippen molar-refractivity contribution in [1.82, 2.24) is 14.8 Å². The second-order valence-corrected chi connectivity index (χ2v) is 3.60. The SMILES string of the molecule is CCn1ncnc1CC(=O)c1cccc(F)c1. The van der Waals surface area contributed by atoms with Crippen molar-refractivity contribution in [3.05, 3.63) is 47.8 Å². The molecule has 0 bridgehead atoms. The van der Waals surface area contributed by atoms with Crippen LogP contribution in [0.15, 0.2) is 30.6 Å². The lowest BCUT2D eigenvalue weighted by molar-refractivity contribution is 0.0989. The average Bonchev–Trinajstić information content (AvgIpc) is 2.76. The van der Waals surface area contributed by atoms with Gasteiger partial charge in [-0.05, 0) is 19.1 Å². The van der Waals surface area contributed by atoms with Crippen LogP contribution in [-0.2, 0) is 13.0 Å². The highest BCUT2D eigenvalue weighted by Crippen LogP contribution is 2.07. The van der Waals surface area contributed by atoms with Gasteiger partial charge in [-0.3, -0.25) is 4.79 Å². The van der Waals surface area contributed by atoms with Crippen LogP contribution in [0.2, 0.25) is 0 Å². The lowest BCUT2D eigenvalue weighted by Gasteiger charge is -2.02. The highest BCUT2D eigenvalue weighted by atomic mass is 19.1. The van der Waals surface area contributed by atoms with Crippen LogP contribution in [0.25, 0.3) is 0 Å². The fourth-order valence-corrected chi connectivity index (χ4v) is 1.60. The number of halogens is 1. The molecular formula is C12H12FN3O. The number of rotatable bonds is 4. The molecule has 0 atom stereocenters. The molecule has 0 N–H and O–H groups in total. The van der Waals surface area contributed by atoms with Gasteiger partial charge in [0.05, 0.1) is 6.42 Å². The molecule has 0 unspecified atom stereocenters. The fourth-order valence-electron chi connectivity index (χ4n) is 1.60. The van der Waals surface area contributed by atoms with E-state index in [9.17, 15) is 9.18 Å². The molecule has 4 nitrogen and oxygen atoms in total. The average molecular weight is 233 g/mol. The van der Waals surface area contributed by atoms with E-state index in [2.05, 4.69) is 10.1 Å². The van der Waals surface area contributed by atoms with Crippen LogP contribution in [0.4, 0.5) is 4.39 Å². The Morgan fingerprint density at radius 2 is 2.29 bits per heavy atom. The van der Waals surface area contributed by atoms with Crippen molar-refractivity contribution >= 4 is 5.78 Å². The topological polar surface area (TPSA) is 47.8 Å². The Morgan fingerprint density at radius 3 is 3.00 bits per heavy atom. The number of aryl methyl sites for hydroxylation is 1. The van der Waals surface area contributed by atoms with Gasteiger partial charge in [0, 0.05) is 12.1 Å². The van der Waals surface area contributed by atoms with E-state index in [1.165, 1.54) is 24.5 Å². The first-order chi connectivity index (χ1) is 8.20. The van der Waals surface area contributed by atoms with Crippen LogP contribution in [0.3, 0.4) is 0 Å². The summed E-state index contributed by atoms with van der Waals surface area (Å²) < 4.78 is 14.6. The van der Waals surface area contributed by atoms with E-state index in [1.807, 2.05) is 6.92 Å². The fraction of sp³-hybridized carbons (Fsp3) is 0.250. The van der Waals surface area contributed by atoms with Crippen molar-refractivity contribution in [1.29, 1.82) is 0 Å². The highest BCUT2D eigenvalue weighted by molar-refractivity contribution is 5.97. The van der Waals surface area contributed by atoms with Crippen molar-refractivity contribution in [2.24, 2.45) is 0 Å². The van der Waals surface area contributed by atoms with E-state index in [1.54, 1.807) is 10.7 Å². The number of nitrogens with zero attached hydrogens (tertiary/aromatic N) is 3. The summed E-state index contributed by atoms with van der Waals surface area (Å²) in [5.74, 6) is 0.0294. The van der Waals surface area contributed by atoms with Gasteiger partial charge in [-0.25, -0.2) is 14.1 Å². The molecule has 0 spiro atoms. The minimum atomic E-state index is -0.409. The normalized spacial score (nSPS) is 10.5. The zero-order chi connectivity index (χ0) is 12.3. The Morgan fingerprint density at radius 1 is 1.47 bits per heavy atom. The first-order valence-corrected chi connectivity index (χ1v) is 5.36. The summed E-state index contributed by atoms with van der Waals surface area (Å²) in [5.41, 5.74) is 0.357. The third-order valence-corrected chi connectivity index (χ3v) is 2.46. The molecule has 0 amide bonds. The number of Topliss-reactive ketones (excluding diaryl/α,β-unsaturated/α-hetero) is 1. The minimum absolute atomic E-state index is 0.136. The van der Waals surface area contributed by atoms with Gasteiger partial charge in [0.2, 0.25) is 0 Å². The number of aromatic nitrogens is 3. The summed E-state index contributed by atoms with van der Waals surface area (Å²) >= 11 is 0. The van der Waals surface area contributed by atoms with E-state index in [0.717, 1.165) is 0 Å². The van der Waals surface area contributed by atoms with E-state index in [-0.39, 0.29) is 12.2 Å². The molecule has 17 heavy (non-hydrogen) atoms. The van der Waals surface area contributed by atoms with Crippen molar-refractivity contribution in [3.63, 3.8) is 0 Å². The van der Waals surface area contributed by atoms with Gasteiger partial charge in [-0.2, -0.15) is 5.10 Å². The first kappa shape index (κ1) is 11.4. The summed E-state index contributed by atoms with van der Waals surface area (Å²) in [5, 5.41) is 3.98. The molecule has 88 valence electrons. The first-order valence-electron chi connectivity index (χ1n) is 5.36. The predicted octanol–water partition coefficient (Wildman–Crippen LogP) is 1.86. The maximum Gasteiger partial charge on any atom is 0.170 e. The Bertz CT molecular complexity index is 536. The molecule has 1 aromatic carbocycles. The molecule has 2 rings (SSSR count). The lowest BCUT2D eigenvalue weighted by atomic mass is 10.1. The smallest absolute Gasteiger partial charge is 0.170 e. The van der Waals surface area contributed by atoms with Crippen molar-refractivity contribution < 1.29 is 9.18 Å². The predicted molar refractivity (Wildman–Crippen MR) is 60.1 cm³/mol. The number of carbonyl (C=O) groups excluding carboxylic acids is 1. The van der Waals surface area contributed by atoms with Crippen molar-refractivity contribution in [2.45, 2.75) is 19.9 Å². The zero-order valence-electron chi connectivity index (χ0n) is 9.43. The monoisotopic (exact) mass is 233 g/mol. The van der Waals surface area contributed by atoms with E-state index < -0.39 is 5.82 Å². The van der Waals surface area contributed by atoms with Crippen LogP contribution < -0.4 is 0 Å². The molecule has 0 aliphatic carbocycles. The van der Waals surface area contributed by atoms with Crippen molar-refractivity contribution in [3.8, 4) is 0 Å². The third kappa shape index (κ3) is 2.55. The molecule has 0 aliphatic rings.